The molecule has 76 valence electrons. The minimum absolute atomic E-state index is 0.195. The highest BCUT2D eigenvalue weighted by Gasteiger charge is 1.96. The van der Waals surface area contributed by atoms with Crippen LogP contribution in [0.4, 0.5) is 10.1 Å². The molecule has 0 radical (unpaired) electrons. The van der Waals surface area contributed by atoms with Crippen LogP contribution in [0.1, 0.15) is 12.0 Å². The van der Waals surface area contributed by atoms with E-state index in [-0.39, 0.29) is 11.5 Å². The minimum Gasteiger partial charge on any atom is -0.396 e. The van der Waals surface area contributed by atoms with Crippen LogP contribution in [-0.4, -0.2) is 13.6 Å². The number of nitrogens with one attached hydrogen (secondary N) is 1. The summed E-state index contributed by atoms with van der Waals surface area (Å²) in [5.74, 6) is -0.364. The topological polar surface area (TPSA) is 38.0 Å². The van der Waals surface area contributed by atoms with Gasteiger partial charge >= 0.3 is 0 Å². The highest BCUT2D eigenvalue weighted by molar-refractivity contribution is 5.55. The summed E-state index contributed by atoms with van der Waals surface area (Å²) in [5.41, 5.74) is 6.56. The van der Waals surface area contributed by atoms with Gasteiger partial charge in [-0.25, -0.2) is 4.39 Å². The molecule has 0 saturated carbocycles. The van der Waals surface area contributed by atoms with Crippen molar-refractivity contribution in [1.29, 1.82) is 0 Å². The zero-order valence-electron chi connectivity index (χ0n) is 8.26. The first kappa shape index (κ1) is 10.7. The molecule has 0 unspecified atom stereocenters. The van der Waals surface area contributed by atoms with Gasteiger partial charge in [-0.3, -0.25) is 0 Å². The number of anilines is 1. The molecule has 3 N–H and O–H groups in total. The van der Waals surface area contributed by atoms with Crippen molar-refractivity contribution in [3.8, 4) is 0 Å². The summed E-state index contributed by atoms with van der Waals surface area (Å²) in [6.45, 7) is 0.938. The summed E-state index contributed by atoms with van der Waals surface area (Å²) in [4.78, 5) is 0. The number of nitrogens with two attached hydrogens (primary N) is 1. The highest BCUT2D eigenvalue weighted by Crippen LogP contribution is 2.13. The first-order valence-electron chi connectivity index (χ1n) is 4.60. The molecule has 1 aromatic carbocycles. The smallest absolute Gasteiger partial charge is 0.146 e. The molecule has 1 rings (SSSR count). The van der Waals surface area contributed by atoms with Gasteiger partial charge in [0.05, 0.1) is 5.69 Å². The van der Waals surface area contributed by atoms with Crippen LogP contribution in [-0.2, 0) is 0 Å². The van der Waals surface area contributed by atoms with E-state index in [0.717, 1.165) is 18.5 Å². The molecule has 2 nitrogen and oxygen atoms in total. The Bertz CT molecular complexity index is 321. The Kier molecular flexibility index (Phi) is 4.13. The maximum Gasteiger partial charge on any atom is 0.146 e. The molecule has 0 bridgehead atoms. The average Bonchev–Trinajstić information content (AvgIpc) is 2.18. The molecule has 0 heterocycles. The second kappa shape index (κ2) is 5.40. The van der Waals surface area contributed by atoms with Crippen LogP contribution >= 0.6 is 0 Å². The molecule has 0 aliphatic heterocycles. The Balaban J connectivity index is 2.59. The fourth-order valence-corrected chi connectivity index (χ4v) is 1.11. The van der Waals surface area contributed by atoms with Gasteiger partial charge in [-0.05, 0) is 37.7 Å². The summed E-state index contributed by atoms with van der Waals surface area (Å²) in [6, 6.07) is 4.72. The van der Waals surface area contributed by atoms with Gasteiger partial charge in [0.15, 0.2) is 0 Å². The van der Waals surface area contributed by atoms with E-state index in [1.54, 1.807) is 12.1 Å². The van der Waals surface area contributed by atoms with Gasteiger partial charge in [0.2, 0.25) is 0 Å². The van der Waals surface area contributed by atoms with Crippen molar-refractivity contribution >= 4 is 11.8 Å². The first-order chi connectivity index (χ1) is 6.74. The largest absolute Gasteiger partial charge is 0.396 e. The molecular formula is C11H15FN2. The van der Waals surface area contributed by atoms with Gasteiger partial charge in [0.25, 0.3) is 0 Å². The quantitative estimate of drug-likeness (QED) is 0.568. The average molecular weight is 194 g/mol. The number of benzene rings is 1. The summed E-state index contributed by atoms with van der Waals surface area (Å²) < 4.78 is 12.8. The normalized spacial score (nSPS) is 11.0. The Hall–Kier alpha value is -1.35. The van der Waals surface area contributed by atoms with Gasteiger partial charge in [0.1, 0.15) is 5.82 Å². The van der Waals surface area contributed by atoms with Gasteiger partial charge in [-0.15, -0.1) is 0 Å². The van der Waals surface area contributed by atoms with Gasteiger partial charge in [-0.2, -0.15) is 0 Å². The van der Waals surface area contributed by atoms with E-state index in [1.165, 1.54) is 6.07 Å². The molecule has 0 fully saturated rings. The molecule has 0 amide bonds. The third-order valence-corrected chi connectivity index (χ3v) is 1.89. The molecule has 0 aliphatic rings. The van der Waals surface area contributed by atoms with E-state index in [1.807, 2.05) is 19.2 Å². The number of nitrogen functional groups attached to an aromatic ring is 1. The van der Waals surface area contributed by atoms with Crippen LogP contribution in [0, 0.1) is 5.82 Å². The molecule has 0 spiro atoms. The molecule has 0 aliphatic carbocycles. The zero-order valence-corrected chi connectivity index (χ0v) is 8.26. The Morgan fingerprint density at radius 3 is 2.93 bits per heavy atom. The fourth-order valence-electron chi connectivity index (χ4n) is 1.11. The molecule has 0 saturated heterocycles. The van der Waals surface area contributed by atoms with Crippen molar-refractivity contribution in [1.82, 2.24) is 5.32 Å². The Labute approximate surface area is 83.6 Å². The van der Waals surface area contributed by atoms with Crippen molar-refractivity contribution in [3.05, 3.63) is 35.7 Å². The van der Waals surface area contributed by atoms with E-state index in [9.17, 15) is 4.39 Å². The third-order valence-electron chi connectivity index (χ3n) is 1.89. The lowest BCUT2D eigenvalue weighted by molar-refractivity contribution is 0.632. The van der Waals surface area contributed by atoms with Gasteiger partial charge in [-0.1, -0.05) is 18.2 Å². The van der Waals surface area contributed by atoms with Gasteiger partial charge in [0, 0.05) is 0 Å². The first-order valence-corrected chi connectivity index (χ1v) is 4.60. The van der Waals surface area contributed by atoms with Crippen LogP contribution in [0.25, 0.3) is 6.08 Å². The molecule has 0 atom stereocenters. The molecule has 14 heavy (non-hydrogen) atoms. The van der Waals surface area contributed by atoms with Crippen LogP contribution < -0.4 is 11.1 Å². The Morgan fingerprint density at radius 1 is 1.50 bits per heavy atom. The maximum atomic E-state index is 12.8. The molecule has 3 heteroatoms. The lowest BCUT2D eigenvalue weighted by Crippen LogP contribution is -2.05. The van der Waals surface area contributed by atoms with Crippen molar-refractivity contribution in [2.24, 2.45) is 0 Å². The van der Waals surface area contributed by atoms with Crippen molar-refractivity contribution in [3.63, 3.8) is 0 Å². The highest BCUT2D eigenvalue weighted by atomic mass is 19.1. The van der Waals surface area contributed by atoms with Crippen molar-refractivity contribution in [2.45, 2.75) is 6.42 Å². The maximum absolute atomic E-state index is 12.8. The standard InChI is InChI=1S/C11H15FN2/c1-14-7-3-2-4-9-5-6-10(12)11(13)8-9/h2,4-6,8,14H,3,7,13H2,1H3. The minimum atomic E-state index is -0.364. The van der Waals surface area contributed by atoms with Crippen LogP contribution in [0.15, 0.2) is 24.3 Å². The van der Waals surface area contributed by atoms with E-state index >= 15 is 0 Å². The van der Waals surface area contributed by atoms with Crippen LogP contribution in [0.2, 0.25) is 0 Å². The Morgan fingerprint density at radius 2 is 2.29 bits per heavy atom. The number of hydrogen-bond donors (Lipinski definition) is 2. The summed E-state index contributed by atoms with van der Waals surface area (Å²) in [6.07, 6.45) is 4.92. The number of halogens is 1. The second-order valence-corrected chi connectivity index (χ2v) is 3.08. The van der Waals surface area contributed by atoms with E-state index in [4.69, 9.17) is 5.73 Å². The summed E-state index contributed by atoms with van der Waals surface area (Å²) in [7, 11) is 1.91. The number of rotatable bonds is 4. The summed E-state index contributed by atoms with van der Waals surface area (Å²) >= 11 is 0. The van der Waals surface area contributed by atoms with E-state index < -0.39 is 0 Å². The second-order valence-electron chi connectivity index (χ2n) is 3.08. The molecule has 0 aromatic heterocycles. The van der Waals surface area contributed by atoms with Crippen molar-refractivity contribution in [2.75, 3.05) is 19.3 Å². The van der Waals surface area contributed by atoms with Crippen LogP contribution in [0.5, 0.6) is 0 Å². The van der Waals surface area contributed by atoms with Crippen LogP contribution in [0.3, 0.4) is 0 Å². The fraction of sp³-hybridized carbons (Fsp3) is 0.273. The zero-order chi connectivity index (χ0) is 10.4. The molecule has 1 aromatic rings. The third kappa shape index (κ3) is 3.18. The monoisotopic (exact) mass is 194 g/mol. The number of hydrogen-bond acceptors (Lipinski definition) is 2. The van der Waals surface area contributed by atoms with Crippen molar-refractivity contribution < 1.29 is 4.39 Å². The summed E-state index contributed by atoms with van der Waals surface area (Å²) in [5, 5.41) is 3.04. The predicted molar refractivity (Wildman–Crippen MR) is 58.4 cm³/mol. The predicted octanol–water partition coefficient (Wildman–Crippen LogP) is 2.03. The SMILES string of the molecule is CNCCC=Cc1ccc(F)c(N)c1. The van der Waals surface area contributed by atoms with E-state index in [0.29, 0.717) is 0 Å². The lowest BCUT2D eigenvalue weighted by atomic mass is 10.1. The molecular weight excluding hydrogens is 179 g/mol. The van der Waals surface area contributed by atoms with Gasteiger partial charge < -0.3 is 11.1 Å². The van der Waals surface area contributed by atoms with E-state index in [2.05, 4.69) is 5.32 Å². The lowest BCUT2D eigenvalue weighted by Gasteiger charge is -1.98.